The van der Waals surface area contributed by atoms with E-state index in [0.717, 1.165) is 23.7 Å². The number of aliphatic carboxylic acids is 1. The van der Waals surface area contributed by atoms with Crippen LogP contribution in [0.1, 0.15) is 37.7 Å². The van der Waals surface area contributed by atoms with Crippen molar-refractivity contribution in [3.63, 3.8) is 0 Å². The molecular formula is C16H19BrFNO2. The van der Waals surface area contributed by atoms with Crippen molar-refractivity contribution in [2.45, 2.75) is 50.7 Å². The van der Waals surface area contributed by atoms with Crippen LogP contribution in [0.25, 0.3) is 0 Å². The van der Waals surface area contributed by atoms with E-state index in [2.05, 4.69) is 15.9 Å². The summed E-state index contributed by atoms with van der Waals surface area (Å²) in [5.74, 6) is -0.587. The maximum Gasteiger partial charge on any atom is 0.320 e. The molecule has 0 radical (unpaired) electrons. The number of nitrogens with zero attached hydrogens (tertiary/aromatic N) is 1. The van der Waals surface area contributed by atoms with Crippen LogP contribution in [0.15, 0.2) is 22.7 Å². The summed E-state index contributed by atoms with van der Waals surface area (Å²) >= 11 is 3.36. The Morgan fingerprint density at radius 1 is 1.38 bits per heavy atom. The molecule has 1 aromatic rings. The summed E-state index contributed by atoms with van der Waals surface area (Å²) in [6.45, 7) is 0.378. The van der Waals surface area contributed by atoms with Crippen LogP contribution in [0.4, 0.5) is 4.39 Å². The molecule has 0 aromatic heterocycles. The number of hydrogen-bond acceptors (Lipinski definition) is 2. The number of benzene rings is 1. The minimum atomic E-state index is -0.778. The first-order valence-corrected chi connectivity index (χ1v) is 8.28. The van der Waals surface area contributed by atoms with E-state index in [1.165, 1.54) is 12.5 Å². The van der Waals surface area contributed by atoms with Crippen molar-refractivity contribution < 1.29 is 14.3 Å². The van der Waals surface area contributed by atoms with Crippen molar-refractivity contribution in [2.24, 2.45) is 5.92 Å². The highest BCUT2D eigenvalue weighted by Crippen LogP contribution is 2.40. The second kappa shape index (κ2) is 6.05. The molecule has 0 amide bonds. The lowest BCUT2D eigenvalue weighted by atomic mass is 9.84. The van der Waals surface area contributed by atoms with E-state index >= 15 is 0 Å². The van der Waals surface area contributed by atoms with Gasteiger partial charge in [-0.15, -0.1) is 0 Å². The van der Waals surface area contributed by atoms with Crippen molar-refractivity contribution in [2.75, 3.05) is 0 Å². The summed E-state index contributed by atoms with van der Waals surface area (Å²) in [5, 5.41) is 9.49. The van der Waals surface area contributed by atoms with Gasteiger partial charge in [0.1, 0.15) is 11.9 Å². The lowest BCUT2D eigenvalue weighted by Crippen LogP contribution is -2.41. The smallest absolute Gasteiger partial charge is 0.320 e. The average Bonchev–Trinajstić information content (AvgIpc) is 2.82. The van der Waals surface area contributed by atoms with Gasteiger partial charge in [0.25, 0.3) is 0 Å². The Morgan fingerprint density at radius 3 is 2.90 bits per heavy atom. The van der Waals surface area contributed by atoms with E-state index in [1.54, 1.807) is 12.1 Å². The Bertz CT molecular complexity index is 551. The third-order valence-electron chi connectivity index (χ3n) is 4.87. The number of halogens is 2. The normalized spacial score (nSPS) is 29.3. The van der Waals surface area contributed by atoms with Gasteiger partial charge >= 0.3 is 5.97 Å². The molecule has 1 aliphatic carbocycles. The fourth-order valence-corrected chi connectivity index (χ4v) is 4.29. The molecule has 1 saturated heterocycles. The zero-order valence-electron chi connectivity index (χ0n) is 11.8. The number of carboxylic acids is 1. The highest BCUT2D eigenvalue weighted by Gasteiger charge is 2.45. The molecule has 5 heteroatoms. The number of fused-ring (bicyclic) bond motifs is 1. The lowest BCUT2D eigenvalue weighted by molar-refractivity contribution is -0.142. The Kier molecular flexibility index (Phi) is 4.31. The minimum Gasteiger partial charge on any atom is -0.480 e. The van der Waals surface area contributed by atoms with Gasteiger partial charge in [-0.05, 0) is 43.4 Å². The zero-order valence-corrected chi connectivity index (χ0v) is 13.4. The first-order chi connectivity index (χ1) is 10.1. The molecule has 2 aliphatic rings. The van der Waals surface area contributed by atoms with Crippen molar-refractivity contribution in [3.8, 4) is 0 Å². The van der Waals surface area contributed by atoms with Gasteiger partial charge in [0.15, 0.2) is 0 Å². The maximum atomic E-state index is 14.0. The molecule has 3 rings (SSSR count). The molecule has 1 heterocycles. The summed E-state index contributed by atoms with van der Waals surface area (Å²) in [6.07, 6.45) is 5.17. The third kappa shape index (κ3) is 2.99. The van der Waals surface area contributed by atoms with Gasteiger partial charge in [-0.1, -0.05) is 28.8 Å². The Morgan fingerprint density at radius 2 is 2.14 bits per heavy atom. The standard InChI is InChI=1S/C16H19BrFNO2/c17-12-5-6-13(18)11(7-12)9-19-14-4-2-1-3-10(14)8-15(19)16(20)21/h5-7,10,14-15H,1-4,8-9H2,(H,20,21)/t10-,14+,15+/m1/s1. The quantitative estimate of drug-likeness (QED) is 0.896. The Labute approximate surface area is 132 Å². The van der Waals surface area contributed by atoms with E-state index in [4.69, 9.17) is 0 Å². The number of hydrogen-bond donors (Lipinski definition) is 1. The maximum absolute atomic E-state index is 14.0. The number of carboxylic acid groups (broad SMARTS) is 1. The van der Waals surface area contributed by atoms with Crippen LogP contribution in [0.2, 0.25) is 0 Å². The Balaban J connectivity index is 1.86. The van der Waals surface area contributed by atoms with Crippen molar-refractivity contribution in [1.82, 2.24) is 4.90 Å². The van der Waals surface area contributed by atoms with E-state index in [1.807, 2.05) is 4.90 Å². The predicted molar refractivity (Wildman–Crippen MR) is 81.4 cm³/mol. The molecule has 21 heavy (non-hydrogen) atoms. The van der Waals surface area contributed by atoms with Gasteiger partial charge in [0, 0.05) is 22.6 Å². The van der Waals surface area contributed by atoms with Crippen LogP contribution >= 0.6 is 15.9 Å². The minimum absolute atomic E-state index is 0.262. The summed E-state index contributed by atoms with van der Waals surface area (Å²) in [7, 11) is 0. The third-order valence-corrected chi connectivity index (χ3v) is 5.36. The van der Waals surface area contributed by atoms with Crippen LogP contribution in [-0.2, 0) is 11.3 Å². The second-order valence-electron chi connectivity index (χ2n) is 6.11. The Hall–Kier alpha value is -0.940. The number of rotatable bonds is 3. The van der Waals surface area contributed by atoms with Crippen LogP contribution in [0.3, 0.4) is 0 Å². The number of carbonyl (C=O) groups is 1. The van der Waals surface area contributed by atoms with E-state index < -0.39 is 12.0 Å². The van der Waals surface area contributed by atoms with Gasteiger partial charge in [-0.2, -0.15) is 0 Å². The highest BCUT2D eigenvalue weighted by atomic mass is 79.9. The van der Waals surface area contributed by atoms with Crippen LogP contribution in [0, 0.1) is 11.7 Å². The van der Waals surface area contributed by atoms with Crippen molar-refractivity contribution >= 4 is 21.9 Å². The molecule has 2 fully saturated rings. The molecule has 3 atom stereocenters. The van der Waals surface area contributed by atoms with Crippen molar-refractivity contribution in [3.05, 3.63) is 34.1 Å². The summed E-state index contributed by atoms with van der Waals surface area (Å²) in [4.78, 5) is 13.6. The average molecular weight is 356 g/mol. The molecule has 0 bridgehead atoms. The number of likely N-dealkylation sites (tertiary alicyclic amines) is 1. The predicted octanol–water partition coefficient (Wildman–Crippen LogP) is 3.81. The van der Waals surface area contributed by atoms with Gasteiger partial charge in [-0.25, -0.2) is 4.39 Å². The molecule has 114 valence electrons. The van der Waals surface area contributed by atoms with Crippen LogP contribution in [0.5, 0.6) is 0 Å². The largest absolute Gasteiger partial charge is 0.480 e. The molecule has 3 nitrogen and oxygen atoms in total. The molecule has 0 spiro atoms. The topological polar surface area (TPSA) is 40.5 Å². The summed E-state index contributed by atoms with van der Waals surface area (Å²) < 4.78 is 14.8. The molecule has 0 unspecified atom stereocenters. The van der Waals surface area contributed by atoms with Crippen LogP contribution in [-0.4, -0.2) is 28.1 Å². The fourth-order valence-electron chi connectivity index (χ4n) is 3.88. The summed E-state index contributed by atoms with van der Waals surface area (Å²) in [6, 6.07) is 4.67. The molecule has 1 saturated carbocycles. The van der Waals surface area contributed by atoms with Gasteiger partial charge in [-0.3, -0.25) is 9.69 Å². The zero-order chi connectivity index (χ0) is 15.0. The summed E-state index contributed by atoms with van der Waals surface area (Å²) in [5.41, 5.74) is 0.571. The first kappa shape index (κ1) is 15.0. The lowest BCUT2D eigenvalue weighted by Gasteiger charge is -2.33. The van der Waals surface area contributed by atoms with Crippen LogP contribution < -0.4 is 0 Å². The van der Waals surface area contributed by atoms with E-state index in [0.29, 0.717) is 30.5 Å². The second-order valence-corrected chi connectivity index (χ2v) is 7.03. The van der Waals surface area contributed by atoms with Gasteiger partial charge in [0.2, 0.25) is 0 Å². The highest BCUT2D eigenvalue weighted by molar-refractivity contribution is 9.10. The van der Waals surface area contributed by atoms with E-state index in [9.17, 15) is 14.3 Å². The molecule has 1 N–H and O–H groups in total. The molecule has 1 aliphatic heterocycles. The van der Waals surface area contributed by atoms with Gasteiger partial charge in [0.05, 0.1) is 0 Å². The van der Waals surface area contributed by atoms with Gasteiger partial charge < -0.3 is 5.11 Å². The first-order valence-electron chi connectivity index (χ1n) is 7.48. The molecular weight excluding hydrogens is 337 g/mol. The fraction of sp³-hybridized carbons (Fsp3) is 0.562. The van der Waals surface area contributed by atoms with Crippen molar-refractivity contribution in [1.29, 1.82) is 0 Å². The monoisotopic (exact) mass is 355 g/mol. The molecule has 1 aromatic carbocycles. The SMILES string of the molecule is O=C(O)[C@@H]1C[C@H]2CCCC[C@@H]2N1Cc1cc(Br)ccc1F. The van der Waals surface area contributed by atoms with E-state index in [-0.39, 0.29) is 5.82 Å².